The van der Waals surface area contributed by atoms with Crippen molar-refractivity contribution in [2.24, 2.45) is 16.2 Å². The van der Waals surface area contributed by atoms with Crippen LogP contribution >= 0.6 is 22.6 Å². The maximum absolute atomic E-state index is 11.7. The molecule has 2 aliphatic rings. The zero-order chi connectivity index (χ0) is 11.1. The molecule has 0 spiro atoms. The van der Waals surface area contributed by atoms with Crippen molar-refractivity contribution in [3.63, 3.8) is 0 Å². The summed E-state index contributed by atoms with van der Waals surface area (Å²) in [6.07, 6.45) is 1.19. The van der Waals surface area contributed by atoms with Crippen molar-refractivity contribution < 1.29 is 19.6 Å². The van der Waals surface area contributed by atoms with Crippen LogP contribution in [0.25, 0.3) is 0 Å². The lowest BCUT2D eigenvalue weighted by atomic mass is 9.91. The molecular weight excluding hydrogens is 315 g/mol. The van der Waals surface area contributed by atoms with E-state index in [1.54, 1.807) is 0 Å². The molecule has 2 atom stereocenters. The first-order valence-electron chi connectivity index (χ1n) is 4.38. The van der Waals surface area contributed by atoms with Crippen molar-refractivity contribution in [1.82, 2.24) is 0 Å². The molecule has 2 unspecified atom stereocenters. The second-order valence-electron chi connectivity index (χ2n) is 3.37. The first-order valence-corrected chi connectivity index (χ1v) is 5.46. The largest absolute Gasteiger partial charge is 0.466 e. The Bertz CT molecular complexity index is 368. The molecule has 0 saturated heterocycles. The number of esters is 1. The maximum atomic E-state index is 11.7. The highest BCUT2D eigenvalue weighted by Gasteiger charge is 2.63. The Balaban J connectivity index is 2.45. The summed E-state index contributed by atoms with van der Waals surface area (Å²) in [5, 5.41) is 15.7. The molecule has 1 heterocycles. The smallest absolute Gasteiger partial charge is 0.360 e. The van der Waals surface area contributed by atoms with Gasteiger partial charge < -0.3 is 14.8 Å². The number of oxime groups is 2. The number of rotatable bonds is 1. The minimum absolute atomic E-state index is 0.184. The van der Waals surface area contributed by atoms with Gasteiger partial charge in [-0.05, 0) is 35.4 Å². The molecule has 0 bridgehead atoms. The van der Waals surface area contributed by atoms with E-state index in [0.717, 1.165) is 0 Å². The zero-order valence-corrected chi connectivity index (χ0v) is 10.1. The van der Waals surface area contributed by atoms with Crippen LogP contribution in [0.1, 0.15) is 12.8 Å². The SMILES string of the molecule is COC(=O)C12ON=C(I)C1CC/C2=N\O. The normalized spacial score (nSPS) is 36.0. The van der Waals surface area contributed by atoms with Gasteiger partial charge in [-0.25, -0.2) is 4.79 Å². The van der Waals surface area contributed by atoms with E-state index in [9.17, 15) is 4.79 Å². The fraction of sp³-hybridized carbons (Fsp3) is 0.625. The van der Waals surface area contributed by atoms with Crippen molar-refractivity contribution in [2.75, 3.05) is 7.11 Å². The number of halogens is 1. The van der Waals surface area contributed by atoms with Gasteiger partial charge in [0, 0.05) is 0 Å². The number of ether oxygens (including phenoxy) is 1. The van der Waals surface area contributed by atoms with Crippen LogP contribution in [0.15, 0.2) is 10.3 Å². The van der Waals surface area contributed by atoms with E-state index in [1.807, 2.05) is 22.6 Å². The van der Waals surface area contributed by atoms with Crippen LogP contribution in [-0.4, -0.2) is 33.3 Å². The van der Waals surface area contributed by atoms with E-state index in [-0.39, 0.29) is 11.6 Å². The highest BCUT2D eigenvalue weighted by molar-refractivity contribution is 14.1. The number of nitrogens with zero attached hydrogens (tertiary/aromatic N) is 2. The minimum atomic E-state index is -1.32. The van der Waals surface area contributed by atoms with Crippen LogP contribution in [0.2, 0.25) is 0 Å². The molecular formula is C8H9IN2O4. The summed E-state index contributed by atoms with van der Waals surface area (Å²) in [6.45, 7) is 0. The van der Waals surface area contributed by atoms with Gasteiger partial charge in [0.1, 0.15) is 9.43 Å². The Morgan fingerprint density at radius 1 is 1.87 bits per heavy atom. The van der Waals surface area contributed by atoms with Crippen LogP contribution in [0, 0.1) is 5.92 Å². The predicted molar refractivity (Wildman–Crippen MR) is 59.2 cm³/mol. The highest BCUT2D eigenvalue weighted by atomic mass is 127. The first-order chi connectivity index (χ1) is 7.16. The second kappa shape index (κ2) is 3.62. The van der Waals surface area contributed by atoms with E-state index in [2.05, 4.69) is 15.0 Å². The standard InChI is InChI=1S/C8H9IN2O4/c1-14-7(12)8-4(6(9)11-15-8)2-3-5(8)10-13/h4,13H,2-3H2,1H3/b10-5+. The highest BCUT2D eigenvalue weighted by Crippen LogP contribution is 2.44. The summed E-state index contributed by atoms with van der Waals surface area (Å²) in [7, 11) is 1.27. The first kappa shape index (κ1) is 10.7. The van der Waals surface area contributed by atoms with Crippen LogP contribution in [0.5, 0.6) is 0 Å². The van der Waals surface area contributed by atoms with Crippen LogP contribution in [0.3, 0.4) is 0 Å². The topological polar surface area (TPSA) is 80.5 Å². The number of fused-ring (bicyclic) bond motifs is 1. The lowest BCUT2D eigenvalue weighted by molar-refractivity contribution is -0.160. The molecule has 0 aromatic heterocycles. The van der Waals surface area contributed by atoms with E-state index >= 15 is 0 Å². The number of carbonyl (C=O) groups excluding carboxylic acids is 1. The summed E-state index contributed by atoms with van der Waals surface area (Å²) in [4.78, 5) is 16.9. The molecule has 7 heteroatoms. The summed E-state index contributed by atoms with van der Waals surface area (Å²) in [5.41, 5.74) is -1.03. The molecule has 1 N–H and O–H groups in total. The van der Waals surface area contributed by atoms with Gasteiger partial charge in [0.05, 0.1) is 13.0 Å². The fourth-order valence-electron chi connectivity index (χ4n) is 2.03. The molecule has 1 aliphatic heterocycles. The quantitative estimate of drug-likeness (QED) is 0.337. The van der Waals surface area contributed by atoms with E-state index < -0.39 is 11.6 Å². The summed E-state index contributed by atoms with van der Waals surface area (Å²) in [6, 6.07) is 0. The molecule has 0 aromatic rings. The molecule has 15 heavy (non-hydrogen) atoms. The molecule has 1 aliphatic carbocycles. The Morgan fingerprint density at radius 2 is 2.60 bits per heavy atom. The van der Waals surface area contributed by atoms with Crippen molar-refractivity contribution in [3.8, 4) is 0 Å². The average molecular weight is 324 g/mol. The Hall–Kier alpha value is -0.860. The predicted octanol–water partition coefficient (Wildman–Crippen LogP) is 0.917. The van der Waals surface area contributed by atoms with Crippen LogP contribution < -0.4 is 0 Å². The van der Waals surface area contributed by atoms with Crippen LogP contribution in [0.4, 0.5) is 0 Å². The molecule has 1 saturated carbocycles. The number of hydrogen-bond donors (Lipinski definition) is 1. The molecule has 0 aromatic carbocycles. The van der Waals surface area contributed by atoms with Gasteiger partial charge in [0.25, 0.3) is 5.60 Å². The summed E-state index contributed by atoms with van der Waals surface area (Å²) < 4.78 is 5.39. The van der Waals surface area contributed by atoms with Gasteiger partial charge in [-0.3, -0.25) is 0 Å². The van der Waals surface area contributed by atoms with Crippen molar-refractivity contribution in [3.05, 3.63) is 0 Å². The third-order valence-electron chi connectivity index (χ3n) is 2.76. The van der Waals surface area contributed by atoms with Gasteiger partial charge >= 0.3 is 5.97 Å². The molecule has 6 nitrogen and oxygen atoms in total. The molecule has 1 fully saturated rings. The third kappa shape index (κ3) is 1.25. The Labute approximate surface area is 99.4 Å². The molecule has 2 rings (SSSR count). The van der Waals surface area contributed by atoms with Crippen molar-refractivity contribution in [2.45, 2.75) is 18.4 Å². The number of carbonyl (C=O) groups is 1. The van der Waals surface area contributed by atoms with Crippen molar-refractivity contribution >= 4 is 38.0 Å². The Morgan fingerprint density at radius 3 is 3.20 bits per heavy atom. The van der Waals surface area contributed by atoms with E-state index in [0.29, 0.717) is 16.6 Å². The van der Waals surface area contributed by atoms with Gasteiger partial charge in [0.2, 0.25) is 0 Å². The second-order valence-corrected chi connectivity index (χ2v) is 4.48. The van der Waals surface area contributed by atoms with E-state index in [4.69, 9.17) is 10.0 Å². The molecule has 0 radical (unpaired) electrons. The van der Waals surface area contributed by atoms with Gasteiger partial charge in [-0.1, -0.05) is 10.3 Å². The fourth-order valence-corrected chi connectivity index (χ4v) is 2.88. The van der Waals surface area contributed by atoms with E-state index in [1.165, 1.54) is 7.11 Å². The number of methoxy groups -OCH3 is 1. The number of hydrogen-bond acceptors (Lipinski definition) is 6. The monoisotopic (exact) mass is 324 g/mol. The van der Waals surface area contributed by atoms with Gasteiger partial charge in [-0.2, -0.15) is 0 Å². The molecule has 82 valence electrons. The lowest BCUT2D eigenvalue weighted by Gasteiger charge is -2.22. The zero-order valence-electron chi connectivity index (χ0n) is 7.94. The summed E-state index contributed by atoms with van der Waals surface area (Å²) >= 11 is 2.02. The summed E-state index contributed by atoms with van der Waals surface area (Å²) in [5.74, 6) is -0.746. The third-order valence-corrected chi connectivity index (χ3v) is 3.71. The van der Waals surface area contributed by atoms with Crippen molar-refractivity contribution in [1.29, 1.82) is 0 Å². The minimum Gasteiger partial charge on any atom is -0.466 e. The van der Waals surface area contributed by atoms with Gasteiger partial charge in [0.15, 0.2) is 0 Å². The average Bonchev–Trinajstić information content (AvgIpc) is 2.77. The Kier molecular flexibility index (Phi) is 2.57. The maximum Gasteiger partial charge on any atom is 0.360 e. The van der Waals surface area contributed by atoms with Crippen LogP contribution in [-0.2, 0) is 14.4 Å². The molecule has 0 amide bonds. The lowest BCUT2D eigenvalue weighted by Crippen LogP contribution is -2.49. The van der Waals surface area contributed by atoms with Gasteiger partial charge in [-0.15, -0.1) is 0 Å².